The molecule has 0 radical (unpaired) electrons. The van der Waals surface area contributed by atoms with Crippen LogP contribution in [0.25, 0.3) is 0 Å². The van der Waals surface area contributed by atoms with Crippen LogP contribution < -0.4 is 14.8 Å². The lowest BCUT2D eigenvalue weighted by Crippen LogP contribution is -2.17. The summed E-state index contributed by atoms with van der Waals surface area (Å²) in [5.41, 5.74) is 1.21. The van der Waals surface area contributed by atoms with Crippen molar-refractivity contribution in [2.75, 3.05) is 34.0 Å². The second kappa shape index (κ2) is 5.89. The highest BCUT2D eigenvalue weighted by atomic mass is 16.5. The molecule has 0 spiro atoms. The Hall–Kier alpha value is -1.26. The van der Waals surface area contributed by atoms with Crippen LogP contribution in [0.2, 0.25) is 0 Å². The van der Waals surface area contributed by atoms with Gasteiger partial charge in [0, 0.05) is 31.8 Å². The molecular formula is C13H19NO3. The van der Waals surface area contributed by atoms with Crippen LogP contribution in [0.4, 0.5) is 0 Å². The number of methoxy groups -OCH3 is 1. The number of hydrogen-bond acceptors (Lipinski definition) is 4. The predicted octanol–water partition coefficient (Wildman–Crippen LogP) is 1.75. The molecule has 1 aliphatic rings. The van der Waals surface area contributed by atoms with Crippen LogP contribution in [0.1, 0.15) is 18.0 Å². The summed E-state index contributed by atoms with van der Waals surface area (Å²) < 4.78 is 16.2. The number of rotatable bonds is 6. The fourth-order valence-electron chi connectivity index (χ4n) is 1.91. The maximum absolute atomic E-state index is 5.62. The third-order valence-electron chi connectivity index (χ3n) is 2.88. The monoisotopic (exact) mass is 237 g/mol. The lowest BCUT2D eigenvalue weighted by atomic mass is 10.1. The molecule has 1 atom stereocenters. The SMILES string of the molecule is CNC1COc2cc(OCCCOC)ccc21. The minimum atomic E-state index is 0.299. The van der Waals surface area contributed by atoms with E-state index >= 15 is 0 Å². The van der Waals surface area contributed by atoms with Crippen molar-refractivity contribution in [3.05, 3.63) is 23.8 Å². The molecule has 17 heavy (non-hydrogen) atoms. The zero-order valence-electron chi connectivity index (χ0n) is 10.4. The Bertz CT molecular complexity index is 368. The van der Waals surface area contributed by atoms with Gasteiger partial charge < -0.3 is 19.5 Å². The Morgan fingerprint density at radius 3 is 3.06 bits per heavy atom. The van der Waals surface area contributed by atoms with Crippen molar-refractivity contribution in [3.63, 3.8) is 0 Å². The van der Waals surface area contributed by atoms with Gasteiger partial charge in [0.25, 0.3) is 0 Å². The third-order valence-corrected chi connectivity index (χ3v) is 2.88. The summed E-state index contributed by atoms with van der Waals surface area (Å²) in [6, 6.07) is 6.31. The number of benzene rings is 1. The zero-order valence-corrected chi connectivity index (χ0v) is 10.4. The Balaban J connectivity index is 1.93. The fourth-order valence-corrected chi connectivity index (χ4v) is 1.91. The summed E-state index contributed by atoms with van der Waals surface area (Å²) in [6.07, 6.45) is 0.896. The van der Waals surface area contributed by atoms with Gasteiger partial charge in [0.15, 0.2) is 0 Å². The molecule has 0 amide bonds. The first-order valence-electron chi connectivity index (χ1n) is 5.91. The van der Waals surface area contributed by atoms with Crippen molar-refractivity contribution in [1.29, 1.82) is 0 Å². The summed E-state index contributed by atoms with van der Waals surface area (Å²) in [7, 11) is 3.64. The second-order valence-corrected chi connectivity index (χ2v) is 4.05. The normalized spacial score (nSPS) is 17.6. The zero-order chi connectivity index (χ0) is 12.1. The molecule has 0 saturated heterocycles. The minimum Gasteiger partial charge on any atom is -0.493 e. The van der Waals surface area contributed by atoms with Gasteiger partial charge in [0.2, 0.25) is 0 Å². The largest absolute Gasteiger partial charge is 0.493 e. The maximum atomic E-state index is 5.62. The van der Waals surface area contributed by atoms with Gasteiger partial charge in [-0.3, -0.25) is 0 Å². The summed E-state index contributed by atoms with van der Waals surface area (Å²) in [5.74, 6) is 1.78. The molecule has 0 fully saturated rings. The van der Waals surface area contributed by atoms with Crippen molar-refractivity contribution in [1.82, 2.24) is 5.32 Å². The lowest BCUT2D eigenvalue weighted by Gasteiger charge is -2.08. The van der Waals surface area contributed by atoms with E-state index in [2.05, 4.69) is 11.4 Å². The van der Waals surface area contributed by atoms with Crippen LogP contribution in [0, 0.1) is 0 Å². The number of nitrogens with one attached hydrogen (secondary N) is 1. The lowest BCUT2D eigenvalue weighted by molar-refractivity contribution is 0.172. The topological polar surface area (TPSA) is 39.7 Å². The van der Waals surface area contributed by atoms with E-state index in [0.29, 0.717) is 19.3 Å². The van der Waals surface area contributed by atoms with Crippen LogP contribution in [-0.4, -0.2) is 34.0 Å². The second-order valence-electron chi connectivity index (χ2n) is 4.05. The van der Waals surface area contributed by atoms with E-state index < -0.39 is 0 Å². The van der Waals surface area contributed by atoms with Gasteiger partial charge in [-0.05, 0) is 19.2 Å². The maximum Gasteiger partial charge on any atom is 0.127 e. The van der Waals surface area contributed by atoms with Crippen LogP contribution in [-0.2, 0) is 4.74 Å². The molecule has 1 unspecified atom stereocenters. The van der Waals surface area contributed by atoms with Crippen molar-refractivity contribution in [3.8, 4) is 11.5 Å². The highest BCUT2D eigenvalue weighted by Gasteiger charge is 2.22. The molecule has 0 bridgehead atoms. The predicted molar refractivity (Wildman–Crippen MR) is 65.7 cm³/mol. The molecule has 2 rings (SSSR count). The Morgan fingerprint density at radius 2 is 2.29 bits per heavy atom. The molecule has 94 valence electrons. The van der Waals surface area contributed by atoms with Gasteiger partial charge in [-0.1, -0.05) is 0 Å². The van der Waals surface area contributed by atoms with Gasteiger partial charge in [0.05, 0.1) is 12.6 Å². The summed E-state index contributed by atoms with van der Waals surface area (Å²) >= 11 is 0. The van der Waals surface area contributed by atoms with Gasteiger partial charge in [-0.15, -0.1) is 0 Å². The van der Waals surface area contributed by atoms with Gasteiger partial charge in [0.1, 0.15) is 18.1 Å². The Labute approximate surface area is 102 Å². The van der Waals surface area contributed by atoms with Gasteiger partial charge in [-0.2, -0.15) is 0 Å². The van der Waals surface area contributed by atoms with Crippen molar-refractivity contribution in [2.45, 2.75) is 12.5 Å². The van der Waals surface area contributed by atoms with E-state index in [4.69, 9.17) is 14.2 Å². The molecule has 1 N–H and O–H groups in total. The molecule has 1 aromatic carbocycles. The molecule has 1 aromatic rings. The summed E-state index contributed by atoms with van der Waals surface area (Å²) in [4.78, 5) is 0. The van der Waals surface area contributed by atoms with Crippen molar-refractivity contribution < 1.29 is 14.2 Å². The van der Waals surface area contributed by atoms with Gasteiger partial charge in [-0.25, -0.2) is 0 Å². The van der Waals surface area contributed by atoms with E-state index in [1.807, 2.05) is 19.2 Å². The van der Waals surface area contributed by atoms with Crippen LogP contribution in [0.3, 0.4) is 0 Å². The highest BCUT2D eigenvalue weighted by molar-refractivity contribution is 5.44. The highest BCUT2D eigenvalue weighted by Crippen LogP contribution is 2.34. The number of ether oxygens (including phenoxy) is 3. The first-order valence-corrected chi connectivity index (χ1v) is 5.91. The third kappa shape index (κ3) is 2.90. The molecule has 4 heteroatoms. The van der Waals surface area contributed by atoms with Crippen molar-refractivity contribution in [2.24, 2.45) is 0 Å². The molecule has 0 aliphatic carbocycles. The molecule has 1 aliphatic heterocycles. The van der Waals surface area contributed by atoms with Gasteiger partial charge >= 0.3 is 0 Å². The Morgan fingerprint density at radius 1 is 1.41 bits per heavy atom. The first-order chi connectivity index (χ1) is 8.35. The fraction of sp³-hybridized carbons (Fsp3) is 0.538. The van der Waals surface area contributed by atoms with Crippen LogP contribution >= 0.6 is 0 Å². The van der Waals surface area contributed by atoms with E-state index in [9.17, 15) is 0 Å². The molecular weight excluding hydrogens is 218 g/mol. The van der Waals surface area contributed by atoms with Crippen molar-refractivity contribution >= 4 is 0 Å². The average molecular weight is 237 g/mol. The van der Waals surface area contributed by atoms with E-state index in [-0.39, 0.29) is 0 Å². The minimum absolute atomic E-state index is 0.299. The summed E-state index contributed by atoms with van der Waals surface area (Å²) in [5, 5.41) is 3.22. The Kier molecular flexibility index (Phi) is 4.23. The molecule has 1 heterocycles. The first kappa shape index (κ1) is 12.2. The number of likely N-dealkylation sites (N-methyl/N-ethyl adjacent to an activating group) is 1. The quantitative estimate of drug-likeness (QED) is 0.765. The summed E-state index contributed by atoms with van der Waals surface area (Å²) in [6.45, 7) is 2.09. The van der Waals surface area contributed by atoms with Crippen LogP contribution in [0.5, 0.6) is 11.5 Å². The smallest absolute Gasteiger partial charge is 0.127 e. The van der Waals surface area contributed by atoms with E-state index in [1.165, 1.54) is 5.56 Å². The average Bonchev–Trinajstić information content (AvgIpc) is 2.77. The van der Waals surface area contributed by atoms with E-state index in [0.717, 1.165) is 24.5 Å². The molecule has 0 saturated carbocycles. The van der Waals surface area contributed by atoms with E-state index in [1.54, 1.807) is 7.11 Å². The molecule has 4 nitrogen and oxygen atoms in total. The standard InChI is InChI=1S/C13H19NO3/c1-14-12-9-17-13-8-10(4-5-11(12)13)16-7-3-6-15-2/h4-5,8,12,14H,3,6-7,9H2,1-2H3. The van der Waals surface area contributed by atoms with Crippen LogP contribution in [0.15, 0.2) is 18.2 Å². The number of fused-ring (bicyclic) bond motifs is 1. The molecule has 0 aromatic heterocycles. The number of hydrogen-bond donors (Lipinski definition) is 1.